The standard InChI is InChI=1S/C22H19Cl2N3O2/c1-14(19-9-8-17(23)12-20(19)24)27(2)22(29)15-5-3-7-18(11-15)26-21(28)16-6-4-10-25-13-16/h3-14H,1-2H3,(H,26,28). The Bertz CT molecular complexity index is 1040. The Balaban J connectivity index is 1.77. The van der Waals surface area contributed by atoms with Gasteiger partial charge in [-0.2, -0.15) is 0 Å². The molecule has 0 aliphatic heterocycles. The van der Waals surface area contributed by atoms with Crippen LogP contribution in [-0.2, 0) is 0 Å². The van der Waals surface area contributed by atoms with E-state index < -0.39 is 0 Å². The average Bonchev–Trinajstić information content (AvgIpc) is 2.73. The predicted octanol–water partition coefficient (Wildman–Crippen LogP) is 5.47. The zero-order chi connectivity index (χ0) is 21.0. The third-order valence-electron chi connectivity index (χ3n) is 4.60. The lowest BCUT2D eigenvalue weighted by Gasteiger charge is -2.26. The van der Waals surface area contributed by atoms with Crippen molar-refractivity contribution >= 4 is 40.7 Å². The maximum atomic E-state index is 13.0. The Morgan fingerprint density at radius 2 is 1.79 bits per heavy atom. The molecule has 7 heteroatoms. The van der Waals surface area contributed by atoms with Gasteiger partial charge in [-0.1, -0.05) is 35.3 Å². The molecular weight excluding hydrogens is 409 g/mol. The minimum absolute atomic E-state index is 0.194. The van der Waals surface area contributed by atoms with Crippen LogP contribution >= 0.6 is 23.2 Å². The van der Waals surface area contributed by atoms with E-state index >= 15 is 0 Å². The quantitative estimate of drug-likeness (QED) is 0.586. The van der Waals surface area contributed by atoms with Crippen molar-refractivity contribution in [1.29, 1.82) is 0 Å². The summed E-state index contributed by atoms with van der Waals surface area (Å²) in [6, 6.07) is 15.1. The number of amides is 2. The largest absolute Gasteiger partial charge is 0.335 e. The van der Waals surface area contributed by atoms with Crippen molar-refractivity contribution in [3.05, 3.63) is 93.7 Å². The van der Waals surface area contributed by atoms with Crippen LogP contribution in [0, 0.1) is 0 Å². The molecule has 0 aliphatic carbocycles. The molecule has 148 valence electrons. The molecule has 5 nitrogen and oxygen atoms in total. The zero-order valence-electron chi connectivity index (χ0n) is 15.9. The van der Waals surface area contributed by atoms with Crippen LogP contribution in [0.25, 0.3) is 0 Å². The van der Waals surface area contributed by atoms with Gasteiger partial charge in [-0.05, 0) is 55.0 Å². The van der Waals surface area contributed by atoms with Gasteiger partial charge in [0, 0.05) is 40.7 Å². The molecule has 0 saturated heterocycles. The number of hydrogen-bond acceptors (Lipinski definition) is 3. The fourth-order valence-corrected chi connectivity index (χ4v) is 3.43. The summed E-state index contributed by atoms with van der Waals surface area (Å²) in [6.45, 7) is 1.89. The van der Waals surface area contributed by atoms with Crippen LogP contribution in [0.1, 0.15) is 39.2 Å². The summed E-state index contributed by atoms with van der Waals surface area (Å²) in [5.41, 5.74) is 2.21. The highest BCUT2D eigenvalue weighted by molar-refractivity contribution is 6.35. The Kier molecular flexibility index (Phi) is 6.52. The molecule has 1 unspecified atom stereocenters. The molecule has 0 radical (unpaired) electrons. The van der Waals surface area contributed by atoms with Gasteiger partial charge < -0.3 is 10.2 Å². The Hall–Kier alpha value is -2.89. The SMILES string of the molecule is CC(c1ccc(Cl)cc1Cl)N(C)C(=O)c1cccc(NC(=O)c2cccnc2)c1. The third-order valence-corrected chi connectivity index (χ3v) is 5.17. The molecule has 1 aromatic heterocycles. The van der Waals surface area contributed by atoms with Gasteiger partial charge in [0.1, 0.15) is 0 Å². The molecule has 1 heterocycles. The van der Waals surface area contributed by atoms with Gasteiger partial charge in [0.25, 0.3) is 11.8 Å². The number of rotatable bonds is 5. The summed E-state index contributed by atoms with van der Waals surface area (Å²) in [5, 5.41) is 3.82. The molecule has 1 N–H and O–H groups in total. The van der Waals surface area contributed by atoms with Crippen LogP contribution in [0.2, 0.25) is 10.0 Å². The second-order valence-corrected chi connectivity index (χ2v) is 7.38. The minimum atomic E-state index is -0.294. The van der Waals surface area contributed by atoms with Crippen molar-refractivity contribution in [2.75, 3.05) is 12.4 Å². The van der Waals surface area contributed by atoms with Gasteiger partial charge in [0.05, 0.1) is 11.6 Å². The first kappa shape index (κ1) is 20.8. The van der Waals surface area contributed by atoms with Crippen molar-refractivity contribution in [2.45, 2.75) is 13.0 Å². The summed E-state index contributed by atoms with van der Waals surface area (Å²) in [5.74, 6) is -0.488. The molecule has 0 fully saturated rings. The number of nitrogens with one attached hydrogen (secondary N) is 1. The van der Waals surface area contributed by atoms with Crippen LogP contribution in [0.5, 0.6) is 0 Å². The average molecular weight is 428 g/mol. The van der Waals surface area contributed by atoms with Gasteiger partial charge in [-0.3, -0.25) is 14.6 Å². The van der Waals surface area contributed by atoms with Crippen molar-refractivity contribution in [2.24, 2.45) is 0 Å². The Labute approximate surface area is 179 Å². The number of aromatic nitrogens is 1. The van der Waals surface area contributed by atoms with E-state index in [4.69, 9.17) is 23.2 Å². The molecular formula is C22H19Cl2N3O2. The number of carbonyl (C=O) groups is 2. The fraction of sp³-hybridized carbons (Fsp3) is 0.136. The van der Waals surface area contributed by atoms with E-state index in [0.29, 0.717) is 26.9 Å². The maximum absolute atomic E-state index is 13.0. The van der Waals surface area contributed by atoms with Crippen molar-refractivity contribution < 1.29 is 9.59 Å². The third kappa shape index (κ3) is 4.94. The van der Waals surface area contributed by atoms with Crippen LogP contribution in [0.4, 0.5) is 5.69 Å². The van der Waals surface area contributed by atoms with E-state index in [1.807, 2.05) is 13.0 Å². The molecule has 2 amide bonds. The summed E-state index contributed by atoms with van der Waals surface area (Å²) >= 11 is 12.2. The van der Waals surface area contributed by atoms with Crippen molar-refractivity contribution in [3.63, 3.8) is 0 Å². The summed E-state index contributed by atoms with van der Waals surface area (Å²) in [7, 11) is 1.71. The first-order valence-electron chi connectivity index (χ1n) is 8.90. The highest BCUT2D eigenvalue weighted by Crippen LogP contribution is 2.30. The molecule has 0 aliphatic rings. The van der Waals surface area contributed by atoms with Crippen LogP contribution < -0.4 is 5.32 Å². The van der Waals surface area contributed by atoms with Crippen LogP contribution in [-0.4, -0.2) is 28.7 Å². The monoisotopic (exact) mass is 427 g/mol. The highest BCUT2D eigenvalue weighted by Gasteiger charge is 2.21. The highest BCUT2D eigenvalue weighted by atomic mass is 35.5. The smallest absolute Gasteiger partial charge is 0.257 e. The van der Waals surface area contributed by atoms with E-state index in [2.05, 4.69) is 10.3 Å². The number of halogens is 2. The molecule has 0 bridgehead atoms. The number of carbonyl (C=O) groups excluding carboxylic acids is 2. The lowest BCUT2D eigenvalue weighted by Crippen LogP contribution is -2.30. The lowest BCUT2D eigenvalue weighted by molar-refractivity contribution is 0.0742. The van der Waals surface area contributed by atoms with Crippen LogP contribution in [0.3, 0.4) is 0 Å². The molecule has 0 spiro atoms. The van der Waals surface area contributed by atoms with E-state index in [0.717, 1.165) is 5.56 Å². The van der Waals surface area contributed by atoms with Gasteiger partial charge in [-0.15, -0.1) is 0 Å². The summed E-state index contributed by atoms with van der Waals surface area (Å²) in [6.07, 6.45) is 3.08. The topological polar surface area (TPSA) is 62.3 Å². The summed E-state index contributed by atoms with van der Waals surface area (Å²) < 4.78 is 0. The van der Waals surface area contributed by atoms with Gasteiger partial charge in [0.15, 0.2) is 0 Å². The second-order valence-electron chi connectivity index (χ2n) is 6.53. The van der Waals surface area contributed by atoms with E-state index in [1.165, 1.54) is 6.20 Å². The predicted molar refractivity (Wildman–Crippen MR) is 116 cm³/mol. The zero-order valence-corrected chi connectivity index (χ0v) is 17.4. The van der Waals surface area contributed by atoms with E-state index in [1.54, 1.807) is 66.7 Å². The number of pyridine rings is 1. The molecule has 3 aromatic rings. The normalized spacial score (nSPS) is 11.6. The van der Waals surface area contributed by atoms with Crippen molar-refractivity contribution in [3.8, 4) is 0 Å². The van der Waals surface area contributed by atoms with Gasteiger partial charge >= 0.3 is 0 Å². The first-order valence-corrected chi connectivity index (χ1v) is 9.66. The molecule has 0 saturated carbocycles. The number of anilines is 1. The first-order chi connectivity index (χ1) is 13.9. The Morgan fingerprint density at radius 1 is 1.03 bits per heavy atom. The maximum Gasteiger partial charge on any atom is 0.257 e. The molecule has 29 heavy (non-hydrogen) atoms. The van der Waals surface area contributed by atoms with Crippen LogP contribution in [0.15, 0.2) is 67.0 Å². The number of nitrogens with zero attached hydrogens (tertiary/aromatic N) is 2. The van der Waals surface area contributed by atoms with Gasteiger partial charge in [0.2, 0.25) is 0 Å². The molecule has 3 rings (SSSR count). The minimum Gasteiger partial charge on any atom is -0.335 e. The summed E-state index contributed by atoms with van der Waals surface area (Å²) in [4.78, 5) is 30.8. The number of hydrogen-bond donors (Lipinski definition) is 1. The number of benzene rings is 2. The van der Waals surface area contributed by atoms with Gasteiger partial charge in [-0.25, -0.2) is 0 Å². The lowest BCUT2D eigenvalue weighted by atomic mass is 10.1. The van der Waals surface area contributed by atoms with E-state index in [-0.39, 0.29) is 17.9 Å². The fourth-order valence-electron chi connectivity index (χ4n) is 2.86. The van der Waals surface area contributed by atoms with Crippen molar-refractivity contribution in [1.82, 2.24) is 9.88 Å². The second kappa shape index (κ2) is 9.07. The molecule has 2 aromatic carbocycles. The Morgan fingerprint density at radius 3 is 2.48 bits per heavy atom. The molecule has 1 atom stereocenters. The van der Waals surface area contributed by atoms with E-state index in [9.17, 15) is 9.59 Å².